The largest absolute Gasteiger partial charge is 0.508 e. The van der Waals surface area contributed by atoms with Gasteiger partial charge in [-0.1, -0.05) is 17.8 Å². The Kier molecular flexibility index (Phi) is 10.4. The second-order valence-corrected chi connectivity index (χ2v) is 4.80. The number of aromatic hydroxyl groups is 1. The maximum atomic E-state index is 10.8. The number of carbonyl (C=O) groups is 1. The predicted molar refractivity (Wildman–Crippen MR) is 92.0 cm³/mol. The standard InChI is InChI=1S/C11H15N5O3S.2ClH/c12-8(9(18)19)5-1-2-7(17)6(3-5)4-20-11(15)16-10(13)14;;/h1-3,8,17H,4,12H2,(H,18,19)(H5,13,14,15,16);2*1H. The molecule has 1 unspecified atom stereocenters. The molecule has 0 saturated heterocycles. The molecule has 124 valence electrons. The van der Waals surface area contributed by atoms with Crippen LogP contribution in [0.4, 0.5) is 0 Å². The Morgan fingerprint density at radius 3 is 2.45 bits per heavy atom. The van der Waals surface area contributed by atoms with E-state index in [1.54, 1.807) is 0 Å². The Morgan fingerprint density at radius 1 is 1.36 bits per heavy atom. The monoisotopic (exact) mass is 369 g/mol. The van der Waals surface area contributed by atoms with E-state index in [9.17, 15) is 9.90 Å². The summed E-state index contributed by atoms with van der Waals surface area (Å²) in [4.78, 5) is 14.3. The zero-order valence-corrected chi connectivity index (χ0v) is 13.7. The van der Waals surface area contributed by atoms with Crippen LogP contribution in [0.3, 0.4) is 0 Å². The molecule has 0 fully saturated rings. The molecule has 0 spiro atoms. The highest BCUT2D eigenvalue weighted by atomic mass is 35.5. The summed E-state index contributed by atoms with van der Waals surface area (Å²) in [5.41, 5.74) is 16.6. The molecular formula is C11H17Cl2N5O3S. The number of nitrogens with zero attached hydrogens (tertiary/aromatic N) is 1. The number of thioether (sulfide) groups is 1. The van der Waals surface area contributed by atoms with E-state index in [-0.39, 0.29) is 47.4 Å². The Hall–Kier alpha value is -1.68. The Morgan fingerprint density at radius 2 is 1.95 bits per heavy atom. The molecule has 1 aromatic carbocycles. The molecule has 8 nitrogen and oxygen atoms in total. The number of nitrogens with one attached hydrogen (secondary N) is 1. The van der Waals surface area contributed by atoms with Gasteiger partial charge in [0.1, 0.15) is 11.8 Å². The van der Waals surface area contributed by atoms with Gasteiger partial charge in [-0.05, 0) is 17.7 Å². The van der Waals surface area contributed by atoms with Crippen LogP contribution >= 0.6 is 36.6 Å². The molecule has 22 heavy (non-hydrogen) atoms. The van der Waals surface area contributed by atoms with Gasteiger partial charge in [-0.3, -0.25) is 10.2 Å². The molecule has 0 saturated carbocycles. The molecule has 0 aromatic heterocycles. The smallest absolute Gasteiger partial charge is 0.325 e. The van der Waals surface area contributed by atoms with Crippen molar-refractivity contribution in [2.45, 2.75) is 11.8 Å². The average Bonchev–Trinajstić information content (AvgIpc) is 2.36. The second-order valence-electron chi connectivity index (χ2n) is 3.83. The summed E-state index contributed by atoms with van der Waals surface area (Å²) in [6, 6.07) is 3.10. The number of aliphatic carboxylic acids is 1. The first-order valence-corrected chi connectivity index (χ1v) is 6.41. The Labute approximate surface area is 143 Å². The number of rotatable bonds is 4. The first kappa shape index (κ1) is 22.6. The van der Waals surface area contributed by atoms with Crippen LogP contribution in [0.1, 0.15) is 17.2 Å². The van der Waals surface area contributed by atoms with Crippen LogP contribution in [-0.2, 0) is 10.5 Å². The minimum Gasteiger partial charge on any atom is -0.508 e. The van der Waals surface area contributed by atoms with Crippen molar-refractivity contribution in [1.29, 1.82) is 5.41 Å². The zero-order chi connectivity index (χ0) is 15.3. The number of carboxylic acid groups (broad SMARTS) is 1. The van der Waals surface area contributed by atoms with Gasteiger partial charge in [0.25, 0.3) is 0 Å². The highest BCUT2D eigenvalue weighted by Crippen LogP contribution is 2.26. The number of amidine groups is 1. The SMILES string of the molecule is Cl.Cl.N=C(N=C(N)N)SCc1cc(C(N)C(=O)O)ccc1O. The molecule has 0 aliphatic carbocycles. The van der Waals surface area contributed by atoms with Gasteiger partial charge in [0, 0.05) is 11.3 Å². The van der Waals surface area contributed by atoms with Crippen molar-refractivity contribution in [3.8, 4) is 5.75 Å². The molecule has 0 aliphatic rings. The van der Waals surface area contributed by atoms with Gasteiger partial charge in [-0.15, -0.1) is 24.8 Å². The van der Waals surface area contributed by atoms with Gasteiger partial charge in [0.15, 0.2) is 11.1 Å². The lowest BCUT2D eigenvalue weighted by Gasteiger charge is -2.10. The number of halogens is 2. The van der Waals surface area contributed by atoms with E-state index in [2.05, 4.69) is 4.99 Å². The quantitative estimate of drug-likeness (QED) is 0.335. The number of hydrogen-bond donors (Lipinski definition) is 6. The van der Waals surface area contributed by atoms with E-state index in [0.29, 0.717) is 11.1 Å². The molecule has 11 heteroatoms. The molecule has 9 N–H and O–H groups in total. The highest BCUT2D eigenvalue weighted by Gasteiger charge is 2.16. The van der Waals surface area contributed by atoms with E-state index >= 15 is 0 Å². The number of phenolic OH excluding ortho intramolecular Hbond substituents is 1. The summed E-state index contributed by atoms with van der Waals surface area (Å²) < 4.78 is 0. The van der Waals surface area contributed by atoms with Crippen molar-refractivity contribution in [3.05, 3.63) is 29.3 Å². The van der Waals surface area contributed by atoms with Gasteiger partial charge in [0.05, 0.1) is 0 Å². The fourth-order valence-electron chi connectivity index (χ4n) is 1.35. The Bertz CT molecular complexity index is 567. The maximum Gasteiger partial charge on any atom is 0.325 e. The Balaban J connectivity index is 0. The van der Waals surface area contributed by atoms with Crippen molar-refractivity contribution in [1.82, 2.24) is 0 Å². The molecule has 0 bridgehead atoms. The summed E-state index contributed by atoms with van der Waals surface area (Å²) in [6.07, 6.45) is 0. The van der Waals surface area contributed by atoms with Crippen molar-refractivity contribution in [3.63, 3.8) is 0 Å². The normalized spacial score (nSPS) is 10.6. The van der Waals surface area contributed by atoms with Crippen molar-refractivity contribution < 1.29 is 15.0 Å². The minimum atomic E-state index is -1.17. The fraction of sp³-hybridized carbons (Fsp3) is 0.182. The number of guanidine groups is 1. The third-order valence-corrected chi connectivity index (χ3v) is 3.14. The van der Waals surface area contributed by atoms with Crippen LogP contribution in [0.25, 0.3) is 0 Å². The number of benzene rings is 1. The average molecular weight is 370 g/mol. The lowest BCUT2D eigenvalue weighted by Crippen LogP contribution is -2.23. The molecule has 0 amide bonds. The lowest BCUT2D eigenvalue weighted by atomic mass is 10.0. The van der Waals surface area contributed by atoms with Gasteiger partial charge >= 0.3 is 5.97 Å². The minimum absolute atomic E-state index is 0. The van der Waals surface area contributed by atoms with Gasteiger partial charge in [0.2, 0.25) is 0 Å². The van der Waals surface area contributed by atoms with Crippen LogP contribution < -0.4 is 17.2 Å². The van der Waals surface area contributed by atoms with Crippen LogP contribution in [-0.4, -0.2) is 27.3 Å². The molecule has 1 rings (SSSR count). The summed E-state index contributed by atoms with van der Waals surface area (Å²) in [7, 11) is 0. The molecule has 1 aromatic rings. The van der Waals surface area contributed by atoms with Crippen molar-refractivity contribution in [2.75, 3.05) is 0 Å². The number of nitrogens with two attached hydrogens (primary N) is 3. The molecule has 0 aliphatic heterocycles. The van der Waals surface area contributed by atoms with Crippen LogP contribution in [0.2, 0.25) is 0 Å². The van der Waals surface area contributed by atoms with Crippen LogP contribution in [0.5, 0.6) is 5.75 Å². The second kappa shape index (κ2) is 10.1. The number of carboxylic acids is 1. The summed E-state index contributed by atoms with van der Waals surface area (Å²) >= 11 is 0.988. The van der Waals surface area contributed by atoms with E-state index in [0.717, 1.165) is 11.8 Å². The first-order chi connectivity index (χ1) is 9.31. The van der Waals surface area contributed by atoms with Gasteiger partial charge < -0.3 is 27.4 Å². The van der Waals surface area contributed by atoms with E-state index in [1.165, 1.54) is 18.2 Å². The summed E-state index contributed by atoms with van der Waals surface area (Å²) in [6.45, 7) is 0. The molecule has 0 heterocycles. The molecular weight excluding hydrogens is 353 g/mol. The van der Waals surface area contributed by atoms with Gasteiger partial charge in [-0.2, -0.15) is 4.99 Å². The van der Waals surface area contributed by atoms with Crippen molar-refractivity contribution >= 4 is 53.7 Å². The van der Waals surface area contributed by atoms with E-state index in [4.69, 9.17) is 27.7 Å². The number of hydrogen-bond acceptors (Lipinski definition) is 5. The molecule has 1 atom stereocenters. The fourth-order valence-corrected chi connectivity index (χ4v) is 2.05. The number of aliphatic imine (C=N–C) groups is 1. The lowest BCUT2D eigenvalue weighted by molar-refractivity contribution is -0.138. The van der Waals surface area contributed by atoms with Crippen LogP contribution in [0.15, 0.2) is 23.2 Å². The molecule has 0 radical (unpaired) electrons. The van der Waals surface area contributed by atoms with Crippen molar-refractivity contribution in [2.24, 2.45) is 22.2 Å². The zero-order valence-electron chi connectivity index (χ0n) is 11.2. The van der Waals surface area contributed by atoms with E-state index < -0.39 is 12.0 Å². The van der Waals surface area contributed by atoms with Gasteiger partial charge in [-0.25, -0.2) is 0 Å². The maximum absolute atomic E-state index is 10.8. The highest BCUT2D eigenvalue weighted by molar-refractivity contribution is 8.13. The third-order valence-electron chi connectivity index (χ3n) is 2.32. The summed E-state index contributed by atoms with van der Waals surface area (Å²) in [5.74, 6) is -1.20. The predicted octanol–water partition coefficient (Wildman–Crippen LogP) is 0.762. The van der Waals surface area contributed by atoms with Crippen LogP contribution in [0, 0.1) is 5.41 Å². The third kappa shape index (κ3) is 6.85. The topological polar surface area (TPSA) is 172 Å². The summed E-state index contributed by atoms with van der Waals surface area (Å²) in [5, 5.41) is 25.9. The number of phenols is 1. The van der Waals surface area contributed by atoms with E-state index in [1.807, 2.05) is 0 Å². The first-order valence-electron chi connectivity index (χ1n) is 5.42.